The first kappa shape index (κ1) is 20.2. The summed E-state index contributed by atoms with van der Waals surface area (Å²) in [7, 11) is 0. The minimum absolute atomic E-state index is 0.227. The van der Waals surface area contributed by atoms with Crippen molar-refractivity contribution >= 4 is 23.7 Å². The van der Waals surface area contributed by atoms with Gasteiger partial charge < -0.3 is 5.32 Å². The number of rotatable bonds is 4. The standard InChI is InChI=1S/C19H18F3N3O2/c1-12(2)13-7-9-15(10-8-13)24-17(26)18(27)25-23-11-14-5-3-4-6-16(14)19(20,21)22/h3-12H,1-2H3,(H,24,26)(H,25,27). The fourth-order valence-corrected chi connectivity index (χ4v) is 2.22. The Labute approximate surface area is 154 Å². The Hall–Kier alpha value is -3.16. The molecule has 0 saturated carbocycles. The number of amides is 2. The van der Waals surface area contributed by atoms with Crippen molar-refractivity contribution in [2.24, 2.45) is 5.10 Å². The lowest BCUT2D eigenvalue weighted by molar-refractivity contribution is -0.137. The molecule has 0 aliphatic rings. The van der Waals surface area contributed by atoms with Crippen LogP contribution >= 0.6 is 0 Å². The van der Waals surface area contributed by atoms with Gasteiger partial charge in [-0.05, 0) is 29.7 Å². The Morgan fingerprint density at radius 3 is 2.22 bits per heavy atom. The number of hydrogen-bond donors (Lipinski definition) is 2. The van der Waals surface area contributed by atoms with Crippen molar-refractivity contribution in [2.45, 2.75) is 25.9 Å². The van der Waals surface area contributed by atoms with Gasteiger partial charge in [-0.3, -0.25) is 9.59 Å². The number of halogens is 3. The van der Waals surface area contributed by atoms with E-state index < -0.39 is 23.6 Å². The van der Waals surface area contributed by atoms with Gasteiger partial charge in [0.15, 0.2) is 0 Å². The van der Waals surface area contributed by atoms with Crippen LogP contribution in [0.3, 0.4) is 0 Å². The molecule has 2 aromatic rings. The minimum atomic E-state index is -4.55. The second-order valence-corrected chi connectivity index (χ2v) is 6.01. The van der Waals surface area contributed by atoms with E-state index in [0.29, 0.717) is 11.6 Å². The van der Waals surface area contributed by atoms with E-state index in [1.54, 1.807) is 12.1 Å². The molecule has 142 valence electrons. The first-order chi connectivity index (χ1) is 12.7. The maximum absolute atomic E-state index is 12.9. The number of carbonyl (C=O) groups is 2. The lowest BCUT2D eigenvalue weighted by Crippen LogP contribution is -2.32. The van der Waals surface area contributed by atoms with E-state index in [9.17, 15) is 22.8 Å². The molecule has 0 bridgehead atoms. The average molecular weight is 377 g/mol. The van der Waals surface area contributed by atoms with Crippen molar-refractivity contribution in [1.82, 2.24) is 5.43 Å². The molecule has 0 aliphatic heterocycles. The second kappa shape index (κ2) is 8.48. The molecular formula is C19H18F3N3O2. The van der Waals surface area contributed by atoms with Crippen LogP contribution in [-0.2, 0) is 15.8 Å². The smallest absolute Gasteiger partial charge is 0.318 e. The van der Waals surface area contributed by atoms with Gasteiger partial charge in [-0.2, -0.15) is 18.3 Å². The molecular weight excluding hydrogens is 359 g/mol. The summed E-state index contributed by atoms with van der Waals surface area (Å²) >= 11 is 0. The Morgan fingerprint density at radius 1 is 1.00 bits per heavy atom. The molecule has 0 aliphatic carbocycles. The van der Waals surface area contributed by atoms with E-state index in [2.05, 4.69) is 10.4 Å². The highest BCUT2D eigenvalue weighted by Gasteiger charge is 2.32. The molecule has 0 heterocycles. The lowest BCUT2D eigenvalue weighted by Gasteiger charge is -2.09. The highest BCUT2D eigenvalue weighted by atomic mass is 19.4. The van der Waals surface area contributed by atoms with Gasteiger partial charge in [-0.1, -0.05) is 44.2 Å². The fourth-order valence-electron chi connectivity index (χ4n) is 2.22. The third-order valence-corrected chi connectivity index (χ3v) is 3.68. The molecule has 0 aromatic heterocycles. The number of carbonyl (C=O) groups excluding carboxylic acids is 2. The largest absolute Gasteiger partial charge is 0.417 e. The van der Waals surface area contributed by atoms with Crippen LogP contribution < -0.4 is 10.7 Å². The summed E-state index contributed by atoms with van der Waals surface area (Å²) in [6, 6.07) is 11.7. The number of nitrogens with one attached hydrogen (secondary N) is 2. The van der Waals surface area contributed by atoms with Crippen LogP contribution in [0.4, 0.5) is 18.9 Å². The lowest BCUT2D eigenvalue weighted by atomic mass is 10.0. The van der Waals surface area contributed by atoms with Crippen LogP contribution in [0, 0.1) is 0 Å². The summed E-state index contributed by atoms with van der Waals surface area (Å²) in [5.74, 6) is -1.75. The molecule has 0 unspecified atom stereocenters. The van der Waals surface area contributed by atoms with Gasteiger partial charge >= 0.3 is 18.0 Å². The molecule has 27 heavy (non-hydrogen) atoms. The van der Waals surface area contributed by atoms with Gasteiger partial charge in [0.05, 0.1) is 11.8 Å². The SMILES string of the molecule is CC(C)c1ccc(NC(=O)C(=O)NN=Cc2ccccc2C(F)(F)F)cc1. The molecule has 0 saturated heterocycles. The Morgan fingerprint density at radius 2 is 1.63 bits per heavy atom. The number of nitrogens with zero attached hydrogens (tertiary/aromatic N) is 1. The number of alkyl halides is 3. The quantitative estimate of drug-likeness (QED) is 0.482. The Balaban J connectivity index is 1.97. The van der Waals surface area contributed by atoms with Crippen LogP contribution in [0.5, 0.6) is 0 Å². The molecule has 2 N–H and O–H groups in total. The van der Waals surface area contributed by atoms with Gasteiger partial charge in [0.1, 0.15) is 0 Å². The van der Waals surface area contributed by atoms with E-state index in [0.717, 1.165) is 17.8 Å². The van der Waals surface area contributed by atoms with Crippen molar-refractivity contribution in [3.8, 4) is 0 Å². The van der Waals surface area contributed by atoms with Crippen LogP contribution in [0.25, 0.3) is 0 Å². The zero-order valence-corrected chi connectivity index (χ0v) is 14.7. The fraction of sp³-hybridized carbons (Fsp3) is 0.211. The highest BCUT2D eigenvalue weighted by molar-refractivity contribution is 6.39. The Bertz CT molecular complexity index is 844. The maximum Gasteiger partial charge on any atom is 0.417 e. The number of hydrazone groups is 1. The zero-order valence-electron chi connectivity index (χ0n) is 14.7. The molecule has 2 aromatic carbocycles. The normalized spacial score (nSPS) is 11.6. The first-order valence-electron chi connectivity index (χ1n) is 8.09. The van der Waals surface area contributed by atoms with Crippen LogP contribution in [0.15, 0.2) is 53.6 Å². The summed E-state index contributed by atoms with van der Waals surface area (Å²) in [5, 5.41) is 5.82. The summed E-state index contributed by atoms with van der Waals surface area (Å²) in [4.78, 5) is 23.6. The number of benzene rings is 2. The number of anilines is 1. The third kappa shape index (κ3) is 5.67. The van der Waals surface area contributed by atoms with E-state index >= 15 is 0 Å². The molecule has 8 heteroatoms. The van der Waals surface area contributed by atoms with E-state index in [1.807, 2.05) is 31.4 Å². The van der Waals surface area contributed by atoms with E-state index in [4.69, 9.17) is 0 Å². The zero-order chi connectivity index (χ0) is 20.0. The van der Waals surface area contributed by atoms with Gasteiger partial charge in [0, 0.05) is 11.3 Å². The summed E-state index contributed by atoms with van der Waals surface area (Å²) in [6.45, 7) is 4.05. The minimum Gasteiger partial charge on any atom is -0.318 e. The molecule has 0 atom stereocenters. The predicted octanol–water partition coefficient (Wildman–Crippen LogP) is 3.92. The van der Waals surface area contributed by atoms with Gasteiger partial charge in [-0.15, -0.1) is 0 Å². The van der Waals surface area contributed by atoms with Crippen LogP contribution in [0.1, 0.15) is 36.5 Å². The summed E-state index contributed by atoms with van der Waals surface area (Å²) < 4.78 is 38.6. The van der Waals surface area contributed by atoms with Crippen LogP contribution in [0.2, 0.25) is 0 Å². The van der Waals surface area contributed by atoms with Crippen molar-refractivity contribution in [1.29, 1.82) is 0 Å². The van der Waals surface area contributed by atoms with E-state index in [1.165, 1.54) is 18.2 Å². The molecule has 0 fully saturated rings. The molecule has 2 amide bonds. The van der Waals surface area contributed by atoms with Crippen molar-refractivity contribution in [3.05, 3.63) is 65.2 Å². The first-order valence-corrected chi connectivity index (χ1v) is 8.09. The topological polar surface area (TPSA) is 70.6 Å². The Kier molecular flexibility index (Phi) is 6.33. The molecule has 2 rings (SSSR count). The second-order valence-electron chi connectivity index (χ2n) is 6.01. The summed E-state index contributed by atoms with van der Waals surface area (Å²) in [5.41, 5.74) is 2.29. The van der Waals surface area contributed by atoms with E-state index in [-0.39, 0.29) is 5.56 Å². The maximum atomic E-state index is 12.9. The monoisotopic (exact) mass is 377 g/mol. The predicted molar refractivity (Wildman–Crippen MR) is 96.3 cm³/mol. The number of hydrogen-bond acceptors (Lipinski definition) is 3. The van der Waals surface area contributed by atoms with Gasteiger partial charge in [0.2, 0.25) is 0 Å². The van der Waals surface area contributed by atoms with Crippen molar-refractivity contribution < 1.29 is 22.8 Å². The molecule has 0 spiro atoms. The van der Waals surface area contributed by atoms with Crippen LogP contribution in [-0.4, -0.2) is 18.0 Å². The summed E-state index contributed by atoms with van der Waals surface area (Å²) in [6.07, 6.45) is -3.71. The van der Waals surface area contributed by atoms with Gasteiger partial charge in [0.25, 0.3) is 0 Å². The highest BCUT2D eigenvalue weighted by Crippen LogP contribution is 2.31. The van der Waals surface area contributed by atoms with Gasteiger partial charge in [-0.25, -0.2) is 5.43 Å². The third-order valence-electron chi connectivity index (χ3n) is 3.68. The van der Waals surface area contributed by atoms with Crippen molar-refractivity contribution in [2.75, 3.05) is 5.32 Å². The average Bonchev–Trinajstić information content (AvgIpc) is 2.61. The molecule has 5 nitrogen and oxygen atoms in total. The van der Waals surface area contributed by atoms with Crippen molar-refractivity contribution in [3.63, 3.8) is 0 Å². The molecule has 0 radical (unpaired) electrons.